The van der Waals surface area contributed by atoms with E-state index in [1.807, 2.05) is 54.6 Å². The molecule has 7 heteroatoms. The molecule has 1 aliphatic rings. The van der Waals surface area contributed by atoms with Crippen LogP contribution >= 0.6 is 0 Å². The Morgan fingerprint density at radius 2 is 1.60 bits per heavy atom. The van der Waals surface area contributed by atoms with Gasteiger partial charge in [0.25, 0.3) is 0 Å². The molecule has 0 radical (unpaired) electrons. The van der Waals surface area contributed by atoms with Gasteiger partial charge in [0, 0.05) is 31.0 Å². The summed E-state index contributed by atoms with van der Waals surface area (Å²) in [4.78, 5) is 29.1. The van der Waals surface area contributed by atoms with Crippen molar-refractivity contribution in [3.8, 4) is 11.5 Å². The summed E-state index contributed by atoms with van der Waals surface area (Å²) in [6, 6.07) is 22.7. The summed E-state index contributed by atoms with van der Waals surface area (Å²) in [5.41, 5.74) is 1.33. The van der Waals surface area contributed by atoms with Gasteiger partial charge in [-0.2, -0.15) is 0 Å². The zero-order valence-electron chi connectivity index (χ0n) is 23.2. The molecule has 0 aromatic heterocycles. The fraction of sp³-hybridized carbons (Fsp3) is 0.394. The van der Waals surface area contributed by atoms with Gasteiger partial charge in [0.05, 0.1) is 13.7 Å². The van der Waals surface area contributed by atoms with Crippen molar-refractivity contribution in [3.63, 3.8) is 0 Å². The van der Waals surface area contributed by atoms with E-state index in [-0.39, 0.29) is 30.8 Å². The molecule has 0 saturated heterocycles. The first-order valence-electron chi connectivity index (χ1n) is 14.2. The van der Waals surface area contributed by atoms with E-state index in [0.717, 1.165) is 37.0 Å². The highest BCUT2D eigenvalue weighted by atomic mass is 19.1. The Hall–Kier alpha value is -3.87. The number of hydrogen-bond acceptors (Lipinski definition) is 4. The second-order valence-corrected chi connectivity index (χ2v) is 10.3. The van der Waals surface area contributed by atoms with E-state index >= 15 is 0 Å². The molecule has 0 bridgehead atoms. The van der Waals surface area contributed by atoms with Crippen LogP contribution < -0.4 is 14.8 Å². The zero-order chi connectivity index (χ0) is 28.2. The molecule has 2 amide bonds. The second-order valence-electron chi connectivity index (χ2n) is 10.3. The fourth-order valence-corrected chi connectivity index (χ4v) is 5.14. The summed E-state index contributed by atoms with van der Waals surface area (Å²) in [5.74, 6) is 0.637. The SMILES string of the molecule is COc1ccc(OCCCC(=O)N(Cc2ccccc2F)C(Cc2ccccc2)C(=O)NC2CCCCC2)cc1. The third-order valence-corrected chi connectivity index (χ3v) is 7.38. The van der Waals surface area contributed by atoms with Crippen molar-refractivity contribution in [2.24, 2.45) is 0 Å². The Labute approximate surface area is 236 Å². The van der Waals surface area contributed by atoms with Crippen molar-refractivity contribution in [2.45, 2.75) is 70.0 Å². The van der Waals surface area contributed by atoms with Gasteiger partial charge in [-0.1, -0.05) is 67.8 Å². The minimum atomic E-state index is -0.765. The van der Waals surface area contributed by atoms with Crippen molar-refractivity contribution in [1.29, 1.82) is 0 Å². The minimum Gasteiger partial charge on any atom is -0.497 e. The number of rotatable bonds is 13. The van der Waals surface area contributed by atoms with Crippen molar-refractivity contribution >= 4 is 11.8 Å². The van der Waals surface area contributed by atoms with E-state index in [9.17, 15) is 14.0 Å². The lowest BCUT2D eigenvalue weighted by atomic mass is 9.94. The number of benzene rings is 3. The highest BCUT2D eigenvalue weighted by Crippen LogP contribution is 2.22. The van der Waals surface area contributed by atoms with Crippen molar-refractivity contribution < 1.29 is 23.5 Å². The molecule has 40 heavy (non-hydrogen) atoms. The minimum absolute atomic E-state index is 0.0143. The fourth-order valence-electron chi connectivity index (χ4n) is 5.14. The van der Waals surface area contributed by atoms with Gasteiger partial charge in [-0.25, -0.2) is 4.39 Å². The van der Waals surface area contributed by atoms with Gasteiger partial charge in [0.1, 0.15) is 23.4 Å². The summed E-state index contributed by atoms with van der Waals surface area (Å²) >= 11 is 0. The lowest BCUT2D eigenvalue weighted by molar-refractivity contribution is -0.141. The average molecular weight is 547 g/mol. The Morgan fingerprint density at radius 3 is 2.30 bits per heavy atom. The number of carbonyl (C=O) groups is 2. The maximum absolute atomic E-state index is 14.8. The molecule has 0 spiro atoms. The molecule has 0 aliphatic heterocycles. The van der Waals surface area contributed by atoms with Crippen LogP contribution in [-0.2, 0) is 22.6 Å². The first-order chi connectivity index (χ1) is 19.5. The van der Waals surface area contributed by atoms with Crippen LogP contribution in [0.2, 0.25) is 0 Å². The molecular weight excluding hydrogens is 507 g/mol. The molecule has 1 atom stereocenters. The van der Waals surface area contributed by atoms with Crippen LogP contribution in [0.25, 0.3) is 0 Å². The number of methoxy groups -OCH3 is 1. The van der Waals surface area contributed by atoms with Gasteiger partial charge >= 0.3 is 0 Å². The molecule has 1 N–H and O–H groups in total. The van der Waals surface area contributed by atoms with E-state index in [1.54, 1.807) is 30.2 Å². The number of carbonyl (C=O) groups excluding carboxylic acids is 2. The van der Waals surface area contributed by atoms with Gasteiger partial charge in [-0.3, -0.25) is 9.59 Å². The van der Waals surface area contributed by atoms with E-state index < -0.39 is 11.9 Å². The molecule has 6 nitrogen and oxygen atoms in total. The number of nitrogens with one attached hydrogen (secondary N) is 1. The molecule has 1 fully saturated rings. The van der Waals surface area contributed by atoms with E-state index in [1.165, 1.54) is 12.5 Å². The zero-order valence-corrected chi connectivity index (χ0v) is 23.2. The van der Waals surface area contributed by atoms with Crippen LogP contribution in [0.5, 0.6) is 11.5 Å². The smallest absolute Gasteiger partial charge is 0.243 e. The first kappa shape index (κ1) is 29.1. The third kappa shape index (κ3) is 8.57. The number of amides is 2. The molecule has 0 heterocycles. The number of nitrogens with zero attached hydrogens (tertiary/aromatic N) is 1. The van der Waals surface area contributed by atoms with Crippen molar-refractivity contribution in [3.05, 3.63) is 95.8 Å². The van der Waals surface area contributed by atoms with Gasteiger partial charge in [0.15, 0.2) is 0 Å². The van der Waals surface area contributed by atoms with Crippen LogP contribution in [0.1, 0.15) is 56.1 Å². The highest BCUT2D eigenvalue weighted by molar-refractivity contribution is 5.88. The summed E-state index contributed by atoms with van der Waals surface area (Å²) < 4.78 is 25.7. The number of halogens is 1. The van der Waals surface area contributed by atoms with Crippen LogP contribution in [0, 0.1) is 5.82 Å². The first-order valence-corrected chi connectivity index (χ1v) is 14.2. The molecule has 4 rings (SSSR count). The number of ether oxygens (including phenoxy) is 2. The van der Waals surface area contributed by atoms with Crippen molar-refractivity contribution in [1.82, 2.24) is 10.2 Å². The largest absolute Gasteiger partial charge is 0.497 e. The third-order valence-electron chi connectivity index (χ3n) is 7.38. The van der Waals surface area contributed by atoms with Gasteiger partial charge in [-0.05, 0) is 55.2 Å². The summed E-state index contributed by atoms with van der Waals surface area (Å²) in [6.45, 7) is 0.351. The van der Waals surface area contributed by atoms with Crippen LogP contribution in [0.4, 0.5) is 4.39 Å². The lowest BCUT2D eigenvalue weighted by Crippen LogP contribution is -2.53. The van der Waals surface area contributed by atoms with Gasteiger partial charge in [-0.15, -0.1) is 0 Å². The molecule has 1 saturated carbocycles. The standard InChI is InChI=1S/C33H39FN2O4/c1-39-28-18-20-29(21-19-28)40-22-10-17-32(37)36(24-26-13-8-9-16-30(26)34)31(23-25-11-4-2-5-12-25)33(38)35-27-14-6-3-7-15-27/h2,4-5,8-9,11-13,16,18-21,27,31H,3,6-7,10,14-15,17,22-24H2,1H3,(H,35,38). The topological polar surface area (TPSA) is 67.9 Å². The maximum Gasteiger partial charge on any atom is 0.243 e. The average Bonchev–Trinajstić information content (AvgIpc) is 2.99. The van der Waals surface area contributed by atoms with E-state index in [4.69, 9.17) is 9.47 Å². The normalized spacial score (nSPS) is 14.2. The molecule has 212 valence electrons. The molecule has 1 aliphatic carbocycles. The molecular formula is C33H39FN2O4. The predicted octanol–water partition coefficient (Wildman–Crippen LogP) is 6.08. The van der Waals surface area contributed by atoms with E-state index in [2.05, 4.69) is 5.32 Å². The lowest BCUT2D eigenvalue weighted by Gasteiger charge is -2.33. The van der Waals surface area contributed by atoms with Crippen LogP contribution in [-0.4, -0.2) is 42.5 Å². The predicted molar refractivity (Wildman–Crippen MR) is 154 cm³/mol. The molecule has 1 unspecified atom stereocenters. The maximum atomic E-state index is 14.8. The Bertz CT molecular complexity index is 1210. The quantitative estimate of drug-likeness (QED) is 0.264. The molecule has 3 aromatic carbocycles. The van der Waals surface area contributed by atoms with Crippen molar-refractivity contribution in [2.75, 3.05) is 13.7 Å². The summed E-state index contributed by atoms with van der Waals surface area (Å²) in [6.07, 6.45) is 6.20. The monoisotopic (exact) mass is 546 g/mol. The van der Waals surface area contributed by atoms with E-state index in [0.29, 0.717) is 30.8 Å². The van der Waals surface area contributed by atoms with Gasteiger partial charge in [0.2, 0.25) is 11.8 Å². The molecule has 3 aromatic rings. The second kappa shape index (κ2) is 15.1. The summed E-state index contributed by atoms with van der Waals surface area (Å²) in [7, 11) is 1.61. The van der Waals surface area contributed by atoms with Crippen LogP contribution in [0.15, 0.2) is 78.9 Å². The Morgan fingerprint density at radius 1 is 0.925 bits per heavy atom. The Balaban J connectivity index is 1.51. The number of hydrogen-bond donors (Lipinski definition) is 1. The summed E-state index contributed by atoms with van der Waals surface area (Å²) in [5, 5.41) is 3.21. The van der Waals surface area contributed by atoms with Crippen LogP contribution in [0.3, 0.4) is 0 Å². The Kier molecular flexibility index (Phi) is 11.0. The highest BCUT2D eigenvalue weighted by Gasteiger charge is 2.32. The van der Waals surface area contributed by atoms with Gasteiger partial charge < -0.3 is 19.7 Å².